The van der Waals surface area contributed by atoms with Gasteiger partial charge in [-0.1, -0.05) is 24.3 Å². The van der Waals surface area contributed by atoms with Crippen molar-refractivity contribution in [1.29, 1.82) is 0 Å². The van der Waals surface area contributed by atoms with Gasteiger partial charge in [0.25, 0.3) is 0 Å². The number of amides is 2. The van der Waals surface area contributed by atoms with Crippen molar-refractivity contribution in [3.05, 3.63) is 35.4 Å². The van der Waals surface area contributed by atoms with Gasteiger partial charge in [0.1, 0.15) is 0 Å². The molecule has 0 unspecified atom stereocenters. The summed E-state index contributed by atoms with van der Waals surface area (Å²) in [6.07, 6.45) is 0. The first-order valence-corrected chi connectivity index (χ1v) is 8.63. The first-order valence-electron chi connectivity index (χ1n) is 8.63. The van der Waals surface area contributed by atoms with Gasteiger partial charge in [0.15, 0.2) is 0 Å². The molecule has 1 fully saturated rings. The number of nitrogens with zero attached hydrogens (tertiary/aromatic N) is 3. The van der Waals surface area contributed by atoms with Crippen LogP contribution in [0, 0.1) is 0 Å². The zero-order chi connectivity index (χ0) is 16.7. The minimum absolute atomic E-state index is 0.0134. The van der Waals surface area contributed by atoms with Crippen LogP contribution < -0.4 is 5.32 Å². The van der Waals surface area contributed by atoms with E-state index in [0.717, 1.165) is 51.4 Å². The zero-order valence-corrected chi connectivity index (χ0v) is 14.7. The maximum absolute atomic E-state index is 12.0. The molecule has 1 aliphatic rings. The van der Waals surface area contributed by atoms with Crippen LogP contribution in [-0.2, 0) is 13.1 Å². The summed E-state index contributed by atoms with van der Waals surface area (Å²) in [4.78, 5) is 18.7. The molecule has 0 radical (unpaired) electrons. The van der Waals surface area contributed by atoms with E-state index in [-0.39, 0.29) is 6.03 Å². The first-order chi connectivity index (χ1) is 11.1. The van der Waals surface area contributed by atoms with E-state index in [2.05, 4.69) is 46.4 Å². The third-order valence-electron chi connectivity index (χ3n) is 4.49. The summed E-state index contributed by atoms with van der Waals surface area (Å²) in [5.41, 5.74) is 2.49. The van der Waals surface area contributed by atoms with Crippen molar-refractivity contribution in [1.82, 2.24) is 20.0 Å². The van der Waals surface area contributed by atoms with Gasteiger partial charge >= 0.3 is 6.03 Å². The van der Waals surface area contributed by atoms with Crippen molar-refractivity contribution in [2.45, 2.75) is 26.9 Å². The maximum Gasteiger partial charge on any atom is 0.317 e. The van der Waals surface area contributed by atoms with Crippen LogP contribution in [-0.4, -0.2) is 67.0 Å². The van der Waals surface area contributed by atoms with Gasteiger partial charge < -0.3 is 15.1 Å². The van der Waals surface area contributed by atoms with E-state index in [4.69, 9.17) is 0 Å². The fourth-order valence-electron chi connectivity index (χ4n) is 2.90. The Labute approximate surface area is 140 Å². The molecule has 1 aliphatic heterocycles. The highest BCUT2D eigenvalue weighted by Gasteiger charge is 2.14. The van der Waals surface area contributed by atoms with Crippen LogP contribution in [0.3, 0.4) is 0 Å². The number of nitrogens with one attached hydrogen (secondary N) is 1. The van der Waals surface area contributed by atoms with Gasteiger partial charge in [0, 0.05) is 52.4 Å². The Balaban J connectivity index is 1.86. The molecule has 1 aromatic carbocycles. The summed E-state index contributed by atoms with van der Waals surface area (Å²) in [5.74, 6) is 0. The molecule has 1 N–H and O–H groups in total. The Bertz CT molecular complexity index is 494. The number of likely N-dealkylation sites (N-methyl/N-ethyl adjacent to an activating group) is 1. The molecule has 0 aliphatic carbocycles. The monoisotopic (exact) mass is 318 g/mol. The standard InChI is InChI=1S/C18H30N4O/c1-4-22(5-2)18(23)19-14-16-7-6-8-17(13-16)15-21-11-9-20(3)10-12-21/h6-8,13H,4-5,9-12,14-15H2,1-3H3,(H,19,23). The van der Waals surface area contributed by atoms with Crippen LogP contribution in [0.4, 0.5) is 4.79 Å². The lowest BCUT2D eigenvalue weighted by molar-refractivity contribution is 0.148. The summed E-state index contributed by atoms with van der Waals surface area (Å²) in [6.45, 7) is 11.6. The molecule has 5 nitrogen and oxygen atoms in total. The van der Waals surface area contributed by atoms with Gasteiger partial charge in [-0.25, -0.2) is 4.79 Å². The van der Waals surface area contributed by atoms with E-state index < -0.39 is 0 Å². The van der Waals surface area contributed by atoms with Crippen LogP contribution in [0.25, 0.3) is 0 Å². The van der Waals surface area contributed by atoms with E-state index in [1.54, 1.807) is 4.90 Å². The molecular weight excluding hydrogens is 288 g/mol. The van der Waals surface area contributed by atoms with Gasteiger partial charge in [-0.3, -0.25) is 4.90 Å². The second kappa shape index (κ2) is 8.89. The predicted molar refractivity (Wildman–Crippen MR) is 94.4 cm³/mol. The van der Waals surface area contributed by atoms with Crippen molar-refractivity contribution in [2.24, 2.45) is 0 Å². The molecular formula is C18H30N4O. The minimum atomic E-state index is 0.0134. The fourth-order valence-corrected chi connectivity index (χ4v) is 2.90. The SMILES string of the molecule is CCN(CC)C(=O)NCc1cccc(CN2CCN(C)CC2)c1. The number of piperazine rings is 1. The third-order valence-corrected chi connectivity index (χ3v) is 4.49. The Morgan fingerprint density at radius 1 is 1.13 bits per heavy atom. The second-order valence-corrected chi connectivity index (χ2v) is 6.23. The Morgan fingerprint density at radius 2 is 1.78 bits per heavy atom. The van der Waals surface area contributed by atoms with Crippen LogP contribution in [0.15, 0.2) is 24.3 Å². The highest BCUT2D eigenvalue weighted by Crippen LogP contribution is 2.10. The first kappa shape index (κ1) is 17.8. The van der Waals surface area contributed by atoms with E-state index in [1.165, 1.54) is 5.56 Å². The Morgan fingerprint density at radius 3 is 2.43 bits per heavy atom. The number of hydrogen-bond donors (Lipinski definition) is 1. The highest BCUT2D eigenvalue weighted by molar-refractivity contribution is 5.74. The molecule has 1 heterocycles. The number of hydrogen-bond acceptors (Lipinski definition) is 3. The second-order valence-electron chi connectivity index (χ2n) is 6.23. The van der Waals surface area contributed by atoms with E-state index in [1.807, 2.05) is 13.8 Å². The zero-order valence-electron chi connectivity index (χ0n) is 14.7. The van der Waals surface area contributed by atoms with Gasteiger partial charge in [-0.15, -0.1) is 0 Å². The summed E-state index contributed by atoms with van der Waals surface area (Å²) in [5, 5.41) is 3.00. The van der Waals surface area contributed by atoms with Crippen molar-refractivity contribution in [3.63, 3.8) is 0 Å². The summed E-state index contributed by atoms with van der Waals surface area (Å²) < 4.78 is 0. The number of urea groups is 1. The van der Waals surface area contributed by atoms with E-state index in [9.17, 15) is 4.79 Å². The lowest BCUT2D eigenvalue weighted by atomic mass is 10.1. The number of carbonyl (C=O) groups is 1. The van der Waals surface area contributed by atoms with Gasteiger partial charge in [0.2, 0.25) is 0 Å². The Kier molecular flexibility index (Phi) is 6.86. The molecule has 128 valence electrons. The maximum atomic E-state index is 12.0. The molecule has 0 saturated carbocycles. The number of carbonyl (C=O) groups excluding carboxylic acids is 1. The third kappa shape index (κ3) is 5.52. The van der Waals surface area contributed by atoms with Crippen LogP contribution in [0.1, 0.15) is 25.0 Å². The van der Waals surface area contributed by atoms with Crippen LogP contribution in [0.5, 0.6) is 0 Å². The number of benzene rings is 1. The quantitative estimate of drug-likeness (QED) is 0.872. The summed E-state index contributed by atoms with van der Waals surface area (Å²) in [6, 6.07) is 8.56. The van der Waals surface area contributed by atoms with Crippen molar-refractivity contribution in [2.75, 3.05) is 46.3 Å². The van der Waals surface area contributed by atoms with Crippen molar-refractivity contribution in [3.8, 4) is 0 Å². The molecule has 0 aromatic heterocycles. The smallest absolute Gasteiger partial charge is 0.317 e. The van der Waals surface area contributed by atoms with Gasteiger partial charge in [0.05, 0.1) is 0 Å². The average molecular weight is 318 g/mol. The molecule has 2 amide bonds. The van der Waals surface area contributed by atoms with Crippen LogP contribution in [0.2, 0.25) is 0 Å². The molecule has 0 spiro atoms. The van der Waals surface area contributed by atoms with E-state index in [0.29, 0.717) is 6.54 Å². The average Bonchev–Trinajstić information content (AvgIpc) is 2.57. The summed E-state index contributed by atoms with van der Waals surface area (Å²) >= 11 is 0. The topological polar surface area (TPSA) is 38.8 Å². The molecule has 1 saturated heterocycles. The molecule has 1 aromatic rings. The van der Waals surface area contributed by atoms with Crippen molar-refractivity contribution >= 4 is 6.03 Å². The fraction of sp³-hybridized carbons (Fsp3) is 0.611. The normalized spacial score (nSPS) is 16.3. The van der Waals surface area contributed by atoms with Gasteiger partial charge in [-0.2, -0.15) is 0 Å². The lowest BCUT2D eigenvalue weighted by Crippen LogP contribution is -2.43. The van der Waals surface area contributed by atoms with Crippen molar-refractivity contribution < 1.29 is 4.79 Å². The molecule has 0 atom stereocenters. The van der Waals surface area contributed by atoms with Crippen LogP contribution >= 0.6 is 0 Å². The lowest BCUT2D eigenvalue weighted by Gasteiger charge is -2.32. The molecule has 5 heteroatoms. The highest BCUT2D eigenvalue weighted by atomic mass is 16.2. The Hall–Kier alpha value is -1.59. The van der Waals surface area contributed by atoms with Gasteiger partial charge in [-0.05, 0) is 32.0 Å². The largest absolute Gasteiger partial charge is 0.334 e. The predicted octanol–water partition coefficient (Wildman–Crippen LogP) is 1.99. The molecule has 23 heavy (non-hydrogen) atoms. The van der Waals surface area contributed by atoms with E-state index >= 15 is 0 Å². The minimum Gasteiger partial charge on any atom is -0.334 e. The number of rotatable bonds is 6. The summed E-state index contributed by atoms with van der Waals surface area (Å²) in [7, 11) is 2.18. The molecule has 2 rings (SSSR count). The molecule has 0 bridgehead atoms.